The van der Waals surface area contributed by atoms with E-state index in [0.717, 1.165) is 42.0 Å². The number of hydrogen-bond donors (Lipinski definition) is 2. The van der Waals surface area contributed by atoms with Gasteiger partial charge in [0, 0.05) is 25.5 Å². The van der Waals surface area contributed by atoms with Crippen LogP contribution in [0.2, 0.25) is 0 Å². The second-order valence-corrected chi connectivity index (χ2v) is 5.14. The van der Waals surface area contributed by atoms with Crippen molar-refractivity contribution >= 4 is 27.6 Å². The molecule has 0 saturated carbocycles. The van der Waals surface area contributed by atoms with Crippen LogP contribution in [0, 0.1) is 0 Å². The minimum absolute atomic E-state index is 0.800. The number of hydrogen-bond acceptors (Lipinski definition) is 5. The van der Waals surface area contributed by atoms with Gasteiger partial charge in [0.2, 0.25) is 0 Å². The standard InChI is InChI=1S/C14H18BrN5/c1-2-6-17-13-12(15)14(20-10-19-13)18-8-5-11-4-3-7-16-9-11/h3-4,7,9-10H,2,5-6,8H2,1H3,(H2,17,18,19,20). The Hall–Kier alpha value is -1.69. The van der Waals surface area contributed by atoms with Gasteiger partial charge in [-0.05, 0) is 40.4 Å². The Morgan fingerprint density at radius 1 is 1.15 bits per heavy atom. The fourth-order valence-corrected chi connectivity index (χ4v) is 2.22. The molecule has 2 aromatic rings. The maximum atomic E-state index is 4.25. The maximum absolute atomic E-state index is 4.25. The lowest BCUT2D eigenvalue weighted by molar-refractivity contribution is 0.955. The molecule has 0 aliphatic carbocycles. The van der Waals surface area contributed by atoms with E-state index < -0.39 is 0 Å². The number of nitrogens with zero attached hydrogens (tertiary/aromatic N) is 3. The quantitative estimate of drug-likeness (QED) is 0.813. The molecule has 2 heterocycles. The Morgan fingerprint density at radius 2 is 1.90 bits per heavy atom. The van der Waals surface area contributed by atoms with E-state index >= 15 is 0 Å². The summed E-state index contributed by atoms with van der Waals surface area (Å²) in [5.74, 6) is 1.63. The maximum Gasteiger partial charge on any atom is 0.145 e. The highest BCUT2D eigenvalue weighted by molar-refractivity contribution is 9.10. The van der Waals surface area contributed by atoms with Crippen LogP contribution in [0.5, 0.6) is 0 Å². The Labute approximate surface area is 127 Å². The molecule has 0 fully saturated rings. The van der Waals surface area contributed by atoms with Crippen molar-refractivity contribution in [1.29, 1.82) is 0 Å². The third kappa shape index (κ3) is 4.16. The molecule has 106 valence electrons. The molecule has 5 nitrogen and oxygen atoms in total. The summed E-state index contributed by atoms with van der Waals surface area (Å²) in [6.45, 7) is 3.81. The molecule has 0 saturated heterocycles. The van der Waals surface area contributed by atoms with Gasteiger partial charge in [0.05, 0.1) is 0 Å². The van der Waals surface area contributed by atoms with Crippen molar-refractivity contribution in [3.63, 3.8) is 0 Å². The average molecular weight is 336 g/mol. The van der Waals surface area contributed by atoms with E-state index in [1.807, 2.05) is 12.3 Å². The molecule has 6 heteroatoms. The van der Waals surface area contributed by atoms with E-state index in [9.17, 15) is 0 Å². The number of aromatic nitrogens is 3. The van der Waals surface area contributed by atoms with Crippen molar-refractivity contribution in [1.82, 2.24) is 15.0 Å². The SMILES string of the molecule is CCCNc1ncnc(NCCc2cccnc2)c1Br. The van der Waals surface area contributed by atoms with Crippen LogP contribution in [0.3, 0.4) is 0 Å². The van der Waals surface area contributed by atoms with Gasteiger partial charge >= 0.3 is 0 Å². The summed E-state index contributed by atoms with van der Waals surface area (Å²) in [6.07, 6.45) is 7.19. The Morgan fingerprint density at radius 3 is 2.55 bits per heavy atom. The molecule has 0 aromatic carbocycles. The van der Waals surface area contributed by atoms with E-state index in [0.29, 0.717) is 0 Å². The van der Waals surface area contributed by atoms with Gasteiger partial charge < -0.3 is 10.6 Å². The number of nitrogens with one attached hydrogen (secondary N) is 2. The smallest absolute Gasteiger partial charge is 0.145 e. The third-order valence-corrected chi connectivity index (χ3v) is 3.51. The van der Waals surface area contributed by atoms with Gasteiger partial charge in [-0.15, -0.1) is 0 Å². The first-order valence-electron chi connectivity index (χ1n) is 6.68. The molecule has 0 amide bonds. The lowest BCUT2D eigenvalue weighted by Gasteiger charge is -2.11. The largest absolute Gasteiger partial charge is 0.369 e. The van der Waals surface area contributed by atoms with Crippen LogP contribution in [0.15, 0.2) is 35.3 Å². The normalized spacial score (nSPS) is 10.3. The van der Waals surface area contributed by atoms with Crippen molar-refractivity contribution in [2.24, 2.45) is 0 Å². The minimum Gasteiger partial charge on any atom is -0.369 e. The second-order valence-electron chi connectivity index (χ2n) is 4.35. The van der Waals surface area contributed by atoms with Crippen molar-refractivity contribution in [3.05, 3.63) is 40.9 Å². The highest BCUT2D eigenvalue weighted by Gasteiger charge is 2.07. The Kier molecular flexibility index (Phi) is 5.73. The number of rotatable bonds is 7. The molecule has 0 aliphatic heterocycles. The summed E-state index contributed by atoms with van der Waals surface area (Å²) >= 11 is 3.54. The van der Waals surface area contributed by atoms with Gasteiger partial charge in [-0.2, -0.15) is 0 Å². The van der Waals surface area contributed by atoms with Crippen molar-refractivity contribution in [2.75, 3.05) is 23.7 Å². The van der Waals surface area contributed by atoms with E-state index in [1.165, 1.54) is 5.56 Å². The predicted molar refractivity (Wildman–Crippen MR) is 84.9 cm³/mol. The monoisotopic (exact) mass is 335 g/mol. The molecule has 2 N–H and O–H groups in total. The fourth-order valence-electron chi connectivity index (χ4n) is 1.73. The number of anilines is 2. The summed E-state index contributed by atoms with van der Waals surface area (Å²) < 4.78 is 0.875. The summed E-state index contributed by atoms with van der Waals surface area (Å²) in [5.41, 5.74) is 1.20. The van der Waals surface area contributed by atoms with Crippen molar-refractivity contribution in [3.8, 4) is 0 Å². The summed E-state index contributed by atoms with van der Waals surface area (Å²) in [7, 11) is 0. The molecule has 2 aromatic heterocycles. The Balaban J connectivity index is 1.92. The topological polar surface area (TPSA) is 62.7 Å². The van der Waals surface area contributed by atoms with E-state index in [4.69, 9.17) is 0 Å². The molecular weight excluding hydrogens is 318 g/mol. The number of halogens is 1. The predicted octanol–water partition coefficient (Wildman–Crippen LogP) is 3.11. The highest BCUT2D eigenvalue weighted by atomic mass is 79.9. The van der Waals surface area contributed by atoms with Crippen LogP contribution in [0.1, 0.15) is 18.9 Å². The van der Waals surface area contributed by atoms with Crippen LogP contribution in [-0.4, -0.2) is 28.0 Å². The van der Waals surface area contributed by atoms with Gasteiger partial charge in [0.25, 0.3) is 0 Å². The highest BCUT2D eigenvalue weighted by Crippen LogP contribution is 2.26. The van der Waals surface area contributed by atoms with Crippen molar-refractivity contribution in [2.45, 2.75) is 19.8 Å². The summed E-state index contributed by atoms with van der Waals surface area (Å²) in [5, 5.41) is 6.58. The molecule has 0 aliphatic rings. The molecule has 0 spiro atoms. The second kappa shape index (κ2) is 7.79. The summed E-state index contributed by atoms with van der Waals surface area (Å²) in [4.78, 5) is 12.6. The van der Waals surface area contributed by atoms with Crippen LogP contribution in [0.25, 0.3) is 0 Å². The van der Waals surface area contributed by atoms with Crippen LogP contribution >= 0.6 is 15.9 Å². The Bertz CT molecular complexity index is 532. The minimum atomic E-state index is 0.800. The van der Waals surface area contributed by atoms with Gasteiger partial charge in [-0.25, -0.2) is 9.97 Å². The molecule has 0 atom stereocenters. The van der Waals surface area contributed by atoms with Crippen LogP contribution in [0.4, 0.5) is 11.6 Å². The summed E-state index contributed by atoms with van der Waals surface area (Å²) in [6, 6.07) is 4.01. The van der Waals surface area contributed by atoms with E-state index in [2.05, 4.69) is 54.5 Å². The molecular formula is C14H18BrN5. The van der Waals surface area contributed by atoms with Crippen LogP contribution < -0.4 is 10.6 Å². The van der Waals surface area contributed by atoms with E-state index in [1.54, 1.807) is 12.5 Å². The van der Waals surface area contributed by atoms with Crippen LogP contribution in [-0.2, 0) is 6.42 Å². The molecule has 0 radical (unpaired) electrons. The first kappa shape index (κ1) is 14.7. The van der Waals surface area contributed by atoms with Gasteiger partial charge in [-0.3, -0.25) is 4.98 Å². The zero-order chi connectivity index (χ0) is 14.2. The van der Waals surface area contributed by atoms with Crippen molar-refractivity contribution < 1.29 is 0 Å². The van der Waals surface area contributed by atoms with Gasteiger partial charge in [0.1, 0.15) is 22.4 Å². The zero-order valence-electron chi connectivity index (χ0n) is 11.4. The molecule has 20 heavy (non-hydrogen) atoms. The average Bonchev–Trinajstić information content (AvgIpc) is 2.49. The van der Waals surface area contributed by atoms with E-state index in [-0.39, 0.29) is 0 Å². The molecule has 0 bridgehead atoms. The zero-order valence-corrected chi connectivity index (χ0v) is 13.0. The third-order valence-electron chi connectivity index (χ3n) is 2.76. The van der Waals surface area contributed by atoms with Gasteiger partial charge in [0.15, 0.2) is 0 Å². The molecule has 0 unspecified atom stereocenters. The fraction of sp³-hybridized carbons (Fsp3) is 0.357. The first-order chi connectivity index (χ1) is 9.81. The lowest BCUT2D eigenvalue weighted by Crippen LogP contribution is -2.09. The molecule has 2 rings (SSSR count). The number of pyridine rings is 1. The van der Waals surface area contributed by atoms with Gasteiger partial charge in [-0.1, -0.05) is 13.0 Å². The lowest BCUT2D eigenvalue weighted by atomic mass is 10.2. The first-order valence-corrected chi connectivity index (χ1v) is 7.47.